The first-order chi connectivity index (χ1) is 17.2. The lowest BCUT2D eigenvalue weighted by atomic mass is 10.2. The lowest BCUT2D eigenvalue weighted by Gasteiger charge is -2.20. The van der Waals surface area contributed by atoms with Crippen molar-refractivity contribution >= 4 is 29.3 Å². The molecule has 0 unspecified atom stereocenters. The van der Waals surface area contributed by atoms with Crippen LogP contribution in [0.3, 0.4) is 0 Å². The number of hydrogen-bond acceptors (Lipinski definition) is 6. The van der Waals surface area contributed by atoms with E-state index < -0.39 is 36.7 Å². The zero-order chi connectivity index (χ0) is 26.1. The fourth-order valence-electron chi connectivity index (χ4n) is 3.32. The number of ether oxygens (including phenoxy) is 1. The zero-order valence-corrected chi connectivity index (χ0v) is 19.4. The second-order valence-corrected chi connectivity index (χ2v) is 7.98. The summed E-state index contributed by atoms with van der Waals surface area (Å²) in [6.45, 7) is 1.54. The summed E-state index contributed by atoms with van der Waals surface area (Å²) in [5, 5.41) is 7.89. The number of alkyl carbamates (subject to hydrolysis) is 1. The average molecular weight is 502 g/mol. The first-order valence-corrected chi connectivity index (χ1v) is 11.0. The summed E-state index contributed by atoms with van der Waals surface area (Å²) in [6, 6.07) is 15.8. The van der Waals surface area contributed by atoms with Crippen LogP contribution in [0.5, 0.6) is 0 Å². The second kappa shape index (κ2) is 12.4. The molecule has 0 saturated carbocycles. The Morgan fingerprint density at radius 3 is 2.47 bits per heavy atom. The van der Waals surface area contributed by atoms with Crippen LogP contribution in [0.25, 0.3) is 0 Å². The molecule has 2 amide bonds. The molecule has 1 aromatic heterocycles. The van der Waals surface area contributed by atoms with E-state index in [1.165, 1.54) is 0 Å². The van der Waals surface area contributed by atoms with Crippen molar-refractivity contribution in [3.63, 3.8) is 0 Å². The number of alkyl halides is 2. The van der Waals surface area contributed by atoms with Crippen molar-refractivity contribution in [1.82, 2.24) is 10.3 Å². The van der Waals surface area contributed by atoms with Crippen molar-refractivity contribution in [2.45, 2.75) is 32.4 Å². The molecular formula is C25H26F3N5O3. The van der Waals surface area contributed by atoms with E-state index in [-0.39, 0.29) is 30.4 Å². The number of halogens is 3. The van der Waals surface area contributed by atoms with Crippen LogP contribution in [0, 0.1) is 12.7 Å². The van der Waals surface area contributed by atoms with Gasteiger partial charge < -0.3 is 26.4 Å². The maximum absolute atomic E-state index is 14.7. The maximum atomic E-state index is 14.7. The van der Waals surface area contributed by atoms with E-state index in [1.54, 1.807) is 48.5 Å². The van der Waals surface area contributed by atoms with E-state index in [4.69, 9.17) is 10.5 Å². The summed E-state index contributed by atoms with van der Waals surface area (Å²) in [4.78, 5) is 28.1. The smallest absolute Gasteiger partial charge is 0.407 e. The largest absolute Gasteiger partial charge is 0.445 e. The molecule has 0 aliphatic heterocycles. The number of aromatic nitrogens is 1. The first kappa shape index (κ1) is 26.3. The molecule has 3 rings (SSSR count). The number of carbonyl (C=O) groups is 2. The number of carbonyl (C=O) groups excluding carboxylic acids is 2. The SMILES string of the molecule is Cc1cccc(Nc2nc(NC[C@H](CC(F)F)NC(=O)OCc3ccccc3)c(F)cc2C(N)=O)c1. The van der Waals surface area contributed by atoms with Crippen LogP contribution in [0.4, 0.5) is 35.3 Å². The Labute approximate surface area is 206 Å². The third-order valence-electron chi connectivity index (χ3n) is 5.04. The molecule has 11 heteroatoms. The van der Waals surface area contributed by atoms with Gasteiger partial charge in [-0.1, -0.05) is 42.5 Å². The standard InChI is InChI=1S/C25H26F3N5O3/c1-15-6-5-9-17(10-15)31-23-19(22(29)34)12-20(26)24(33-23)30-13-18(11-21(27)28)32-25(35)36-14-16-7-3-2-4-8-16/h2-10,12,18,21H,11,13-14H2,1H3,(H2,29,34)(H,32,35)(H2,30,31,33)/t18-/m0/s1. The Hall–Kier alpha value is -4.28. The van der Waals surface area contributed by atoms with Crippen LogP contribution >= 0.6 is 0 Å². The number of rotatable bonds is 11. The van der Waals surface area contributed by atoms with E-state index in [9.17, 15) is 22.8 Å². The minimum Gasteiger partial charge on any atom is -0.445 e. The molecule has 0 spiro atoms. The summed E-state index contributed by atoms with van der Waals surface area (Å²) in [5.74, 6) is -2.14. The number of nitrogens with one attached hydrogen (secondary N) is 3. The van der Waals surface area contributed by atoms with Gasteiger partial charge in [0.1, 0.15) is 12.4 Å². The highest BCUT2D eigenvalue weighted by Gasteiger charge is 2.21. The van der Waals surface area contributed by atoms with Gasteiger partial charge in [0.25, 0.3) is 5.91 Å². The molecular weight excluding hydrogens is 475 g/mol. The molecule has 1 atom stereocenters. The number of primary amides is 1. The van der Waals surface area contributed by atoms with E-state index in [1.807, 2.05) is 13.0 Å². The van der Waals surface area contributed by atoms with E-state index in [0.29, 0.717) is 5.69 Å². The maximum Gasteiger partial charge on any atom is 0.407 e. The van der Waals surface area contributed by atoms with Gasteiger partial charge in [0.05, 0.1) is 11.6 Å². The highest BCUT2D eigenvalue weighted by Crippen LogP contribution is 2.24. The number of aryl methyl sites for hydroxylation is 1. The molecule has 8 nitrogen and oxygen atoms in total. The highest BCUT2D eigenvalue weighted by atomic mass is 19.3. The van der Waals surface area contributed by atoms with Gasteiger partial charge >= 0.3 is 6.09 Å². The van der Waals surface area contributed by atoms with E-state index >= 15 is 0 Å². The molecule has 0 aliphatic carbocycles. The molecule has 0 radical (unpaired) electrons. The van der Waals surface area contributed by atoms with Crippen LogP contribution in [-0.2, 0) is 11.3 Å². The number of anilines is 3. The van der Waals surface area contributed by atoms with Crippen molar-refractivity contribution in [2.75, 3.05) is 17.2 Å². The summed E-state index contributed by atoms with van der Waals surface area (Å²) >= 11 is 0. The normalized spacial score (nSPS) is 11.6. The minimum absolute atomic E-state index is 0.0161. The Morgan fingerprint density at radius 1 is 1.06 bits per heavy atom. The number of hydrogen-bond donors (Lipinski definition) is 4. The average Bonchev–Trinajstić information content (AvgIpc) is 2.83. The molecule has 5 N–H and O–H groups in total. The molecule has 0 aliphatic rings. The first-order valence-electron chi connectivity index (χ1n) is 11.0. The monoisotopic (exact) mass is 501 g/mol. The lowest BCUT2D eigenvalue weighted by molar-refractivity contribution is 0.0999. The van der Waals surface area contributed by atoms with Crippen molar-refractivity contribution in [3.05, 3.63) is 83.2 Å². The third-order valence-corrected chi connectivity index (χ3v) is 5.04. The number of amides is 2. The van der Waals surface area contributed by atoms with E-state index in [2.05, 4.69) is 20.9 Å². The van der Waals surface area contributed by atoms with Gasteiger partial charge in [0.15, 0.2) is 11.6 Å². The van der Waals surface area contributed by atoms with Gasteiger partial charge in [0, 0.05) is 18.7 Å². The van der Waals surface area contributed by atoms with Gasteiger partial charge in [0.2, 0.25) is 6.43 Å². The van der Waals surface area contributed by atoms with Gasteiger partial charge in [-0.15, -0.1) is 0 Å². The number of pyridine rings is 1. The zero-order valence-electron chi connectivity index (χ0n) is 19.4. The molecule has 0 saturated heterocycles. The van der Waals surface area contributed by atoms with Crippen molar-refractivity contribution in [1.29, 1.82) is 0 Å². The Bertz CT molecular complexity index is 1190. The van der Waals surface area contributed by atoms with Gasteiger partial charge in [-0.25, -0.2) is 22.9 Å². The van der Waals surface area contributed by atoms with Crippen molar-refractivity contribution in [2.24, 2.45) is 5.73 Å². The lowest BCUT2D eigenvalue weighted by Crippen LogP contribution is -2.41. The van der Waals surface area contributed by atoms with Crippen LogP contribution in [0.1, 0.15) is 27.9 Å². The van der Waals surface area contributed by atoms with Crippen LogP contribution in [0.15, 0.2) is 60.7 Å². The Kier molecular flexibility index (Phi) is 9.09. The molecule has 1 heterocycles. The van der Waals surface area contributed by atoms with E-state index in [0.717, 1.165) is 17.2 Å². The molecule has 2 aromatic carbocycles. The van der Waals surface area contributed by atoms with Gasteiger partial charge in [-0.2, -0.15) is 0 Å². The molecule has 0 bridgehead atoms. The topological polar surface area (TPSA) is 118 Å². The second-order valence-electron chi connectivity index (χ2n) is 7.98. The van der Waals surface area contributed by atoms with Crippen molar-refractivity contribution < 1.29 is 27.5 Å². The minimum atomic E-state index is -2.74. The summed E-state index contributed by atoms with van der Waals surface area (Å²) < 4.78 is 45.9. The number of nitrogens with zero attached hydrogens (tertiary/aromatic N) is 1. The van der Waals surface area contributed by atoms with Crippen molar-refractivity contribution in [3.8, 4) is 0 Å². The summed E-state index contributed by atoms with van der Waals surface area (Å²) in [6.07, 6.45) is -4.34. The fraction of sp³-hybridized carbons (Fsp3) is 0.240. The summed E-state index contributed by atoms with van der Waals surface area (Å²) in [7, 11) is 0. The molecule has 0 fully saturated rings. The predicted molar refractivity (Wildman–Crippen MR) is 130 cm³/mol. The Balaban J connectivity index is 1.71. The molecule has 36 heavy (non-hydrogen) atoms. The van der Waals surface area contributed by atoms with Crippen LogP contribution in [0.2, 0.25) is 0 Å². The van der Waals surface area contributed by atoms with Crippen LogP contribution < -0.4 is 21.7 Å². The van der Waals surface area contributed by atoms with Gasteiger partial charge in [-0.3, -0.25) is 4.79 Å². The quantitative estimate of drug-likeness (QED) is 0.302. The van der Waals surface area contributed by atoms with Crippen LogP contribution in [-0.4, -0.2) is 36.0 Å². The third kappa shape index (κ3) is 7.90. The molecule has 3 aromatic rings. The number of nitrogens with two attached hydrogens (primary N) is 1. The summed E-state index contributed by atoms with van der Waals surface area (Å²) in [5.41, 5.74) is 7.42. The predicted octanol–water partition coefficient (Wildman–Crippen LogP) is 4.73. The highest BCUT2D eigenvalue weighted by molar-refractivity contribution is 5.98. The number of benzene rings is 2. The fourth-order valence-corrected chi connectivity index (χ4v) is 3.32. The van der Waals surface area contributed by atoms with Gasteiger partial charge in [-0.05, 0) is 36.2 Å². The Morgan fingerprint density at radius 2 is 1.81 bits per heavy atom. The molecule has 190 valence electrons.